The Morgan fingerprint density at radius 3 is 2.76 bits per heavy atom. The number of hydrogen-bond donors (Lipinski definition) is 1. The Labute approximate surface area is 167 Å². The van der Waals surface area contributed by atoms with Crippen LogP contribution in [0.3, 0.4) is 0 Å². The minimum Gasteiger partial charge on any atom is -0.370 e. The number of anilines is 1. The molecule has 0 bridgehead atoms. The van der Waals surface area contributed by atoms with Crippen LogP contribution in [0.1, 0.15) is 35.7 Å². The molecule has 0 atom stereocenters. The lowest BCUT2D eigenvalue weighted by molar-refractivity contribution is 0.490. The third-order valence-electron chi connectivity index (χ3n) is 5.82. The van der Waals surface area contributed by atoms with Gasteiger partial charge in [-0.3, -0.25) is 4.98 Å². The summed E-state index contributed by atoms with van der Waals surface area (Å²) in [6.45, 7) is 3.41. The number of pyridine rings is 1. The van der Waals surface area contributed by atoms with Crippen LogP contribution in [0.2, 0.25) is 0 Å². The van der Waals surface area contributed by atoms with Gasteiger partial charge in [0, 0.05) is 30.6 Å². The van der Waals surface area contributed by atoms with E-state index < -0.39 is 0 Å². The van der Waals surface area contributed by atoms with E-state index in [2.05, 4.69) is 20.9 Å². The van der Waals surface area contributed by atoms with Gasteiger partial charge in [-0.05, 0) is 49.6 Å². The fourth-order valence-electron chi connectivity index (χ4n) is 4.39. The highest BCUT2D eigenvalue weighted by molar-refractivity contribution is 5.96. The summed E-state index contributed by atoms with van der Waals surface area (Å²) < 4.78 is 14.1. The molecular weight excluding hydrogens is 365 g/mol. The number of benzene rings is 2. The summed E-state index contributed by atoms with van der Waals surface area (Å²) in [4.78, 5) is 14.8. The average Bonchev–Trinajstić information content (AvgIpc) is 3.17. The molecule has 0 radical (unpaired) electrons. The predicted molar refractivity (Wildman–Crippen MR) is 111 cm³/mol. The molecule has 1 aliphatic rings. The fourth-order valence-corrected chi connectivity index (χ4v) is 4.39. The van der Waals surface area contributed by atoms with Crippen LogP contribution in [-0.4, -0.2) is 28.0 Å². The molecule has 1 fully saturated rings. The van der Waals surface area contributed by atoms with Crippen molar-refractivity contribution < 1.29 is 4.39 Å². The Kier molecular flexibility index (Phi) is 4.17. The van der Waals surface area contributed by atoms with Crippen molar-refractivity contribution >= 4 is 27.6 Å². The van der Waals surface area contributed by atoms with Gasteiger partial charge >= 0.3 is 0 Å². The predicted octanol–water partition coefficient (Wildman–Crippen LogP) is 4.81. The molecule has 0 spiro atoms. The van der Waals surface area contributed by atoms with Gasteiger partial charge < -0.3 is 9.88 Å². The van der Waals surface area contributed by atoms with Crippen LogP contribution in [0.5, 0.6) is 0 Å². The number of nitriles is 1. The molecule has 5 nitrogen and oxygen atoms in total. The van der Waals surface area contributed by atoms with E-state index in [1.165, 1.54) is 12.1 Å². The molecule has 3 heterocycles. The van der Waals surface area contributed by atoms with Gasteiger partial charge in [0.05, 0.1) is 27.8 Å². The summed E-state index contributed by atoms with van der Waals surface area (Å²) in [5, 5.41) is 10.3. The quantitative estimate of drug-likeness (QED) is 0.537. The standard InChI is InChI=1S/C23H20FN5/c1-14-10-17(24)11-18-21(14)26-13-16(12-25)22(18)29-8-6-15(7-9-29)23-27-19-4-2-3-5-20(19)28-23/h2-5,10-11,13,15H,6-9H2,1H3,(H,27,28). The summed E-state index contributed by atoms with van der Waals surface area (Å²) in [6, 6.07) is 13.3. The van der Waals surface area contributed by atoms with Gasteiger partial charge in [-0.2, -0.15) is 5.26 Å². The van der Waals surface area contributed by atoms with E-state index in [0.717, 1.165) is 59.6 Å². The summed E-state index contributed by atoms with van der Waals surface area (Å²) in [5.41, 5.74) is 4.86. The minimum atomic E-state index is -0.301. The van der Waals surface area contributed by atoms with Gasteiger partial charge in [-0.25, -0.2) is 9.37 Å². The molecule has 4 aromatic rings. The first-order chi connectivity index (χ1) is 14.1. The molecule has 0 unspecified atom stereocenters. The molecule has 2 aromatic heterocycles. The number of nitrogens with zero attached hydrogens (tertiary/aromatic N) is 4. The van der Waals surface area contributed by atoms with Crippen molar-refractivity contribution in [2.75, 3.05) is 18.0 Å². The number of halogens is 1. The third kappa shape index (κ3) is 2.99. The molecule has 1 aliphatic heterocycles. The first-order valence-corrected chi connectivity index (χ1v) is 9.82. The van der Waals surface area contributed by atoms with Crippen LogP contribution < -0.4 is 4.90 Å². The van der Waals surface area contributed by atoms with Gasteiger partial charge in [0.1, 0.15) is 17.7 Å². The van der Waals surface area contributed by atoms with E-state index >= 15 is 0 Å². The SMILES string of the molecule is Cc1cc(F)cc2c(N3CCC(c4nc5ccccc5[nH]4)CC3)c(C#N)cnc12. The van der Waals surface area contributed by atoms with E-state index in [9.17, 15) is 9.65 Å². The maximum absolute atomic E-state index is 14.1. The van der Waals surface area contributed by atoms with Gasteiger partial charge in [0.25, 0.3) is 0 Å². The van der Waals surface area contributed by atoms with Crippen LogP contribution in [0.25, 0.3) is 21.9 Å². The molecule has 6 heteroatoms. The number of H-pyrrole nitrogens is 1. The molecule has 0 saturated carbocycles. The first-order valence-electron chi connectivity index (χ1n) is 9.82. The highest BCUT2D eigenvalue weighted by Gasteiger charge is 2.26. The van der Waals surface area contributed by atoms with Gasteiger partial charge in [-0.15, -0.1) is 0 Å². The lowest BCUT2D eigenvalue weighted by atomic mass is 9.94. The van der Waals surface area contributed by atoms with Crippen LogP contribution in [-0.2, 0) is 0 Å². The van der Waals surface area contributed by atoms with Crippen molar-refractivity contribution in [1.82, 2.24) is 15.0 Å². The van der Waals surface area contributed by atoms with E-state index in [1.807, 2.05) is 31.2 Å². The number of aryl methyl sites for hydroxylation is 1. The highest BCUT2D eigenvalue weighted by Crippen LogP contribution is 2.36. The number of aromatic amines is 1. The number of piperidine rings is 1. The smallest absolute Gasteiger partial charge is 0.124 e. The number of rotatable bonds is 2. The zero-order valence-corrected chi connectivity index (χ0v) is 16.1. The highest BCUT2D eigenvalue weighted by atomic mass is 19.1. The molecule has 1 N–H and O–H groups in total. The fraction of sp³-hybridized carbons (Fsp3) is 0.261. The lowest BCUT2D eigenvalue weighted by Crippen LogP contribution is -2.34. The van der Waals surface area contributed by atoms with E-state index in [0.29, 0.717) is 16.9 Å². The second-order valence-electron chi connectivity index (χ2n) is 7.65. The maximum atomic E-state index is 14.1. The zero-order valence-electron chi connectivity index (χ0n) is 16.1. The van der Waals surface area contributed by atoms with Crippen molar-refractivity contribution in [2.45, 2.75) is 25.7 Å². The number of imidazole rings is 1. The average molecular weight is 385 g/mol. The number of para-hydroxylation sites is 2. The summed E-state index contributed by atoms with van der Waals surface area (Å²) >= 11 is 0. The van der Waals surface area contributed by atoms with Gasteiger partial charge in [0.15, 0.2) is 0 Å². The summed E-state index contributed by atoms with van der Waals surface area (Å²) in [7, 11) is 0. The van der Waals surface area contributed by atoms with Crippen molar-refractivity contribution in [3.05, 3.63) is 65.4 Å². The maximum Gasteiger partial charge on any atom is 0.124 e. The van der Waals surface area contributed by atoms with Gasteiger partial charge in [0.2, 0.25) is 0 Å². The summed E-state index contributed by atoms with van der Waals surface area (Å²) in [5.74, 6) is 1.06. The Hall–Kier alpha value is -3.46. The van der Waals surface area contributed by atoms with Crippen molar-refractivity contribution in [3.8, 4) is 6.07 Å². The Morgan fingerprint density at radius 2 is 2.00 bits per heavy atom. The van der Waals surface area contributed by atoms with E-state index in [1.54, 1.807) is 6.20 Å². The van der Waals surface area contributed by atoms with Crippen LogP contribution in [0, 0.1) is 24.1 Å². The monoisotopic (exact) mass is 385 g/mol. The molecular formula is C23H20FN5. The number of hydrogen-bond acceptors (Lipinski definition) is 4. The van der Waals surface area contributed by atoms with Crippen molar-refractivity contribution in [1.29, 1.82) is 5.26 Å². The molecule has 144 valence electrons. The number of aromatic nitrogens is 3. The molecule has 1 saturated heterocycles. The van der Waals surface area contributed by atoms with E-state index in [4.69, 9.17) is 4.98 Å². The number of fused-ring (bicyclic) bond motifs is 2. The van der Waals surface area contributed by atoms with Crippen molar-refractivity contribution in [3.63, 3.8) is 0 Å². The van der Waals surface area contributed by atoms with Crippen LogP contribution in [0.15, 0.2) is 42.6 Å². The molecule has 2 aromatic carbocycles. The zero-order chi connectivity index (χ0) is 20.0. The largest absolute Gasteiger partial charge is 0.370 e. The Morgan fingerprint density at radius 1 is 1.21 bits per heavy atom. The molecule has 0 amide bonds. The Balaban J connectivity index is 1.47. The topological polar surface area (TPSA) is 68.6 Å². The summed E-state index contributed by atoms with van der Waals surface area (Å²) in [6.07, 6.45) is 3.44. The Bertz CT molecular complexity index is 1230. The third-order valence-corrected chi connectivity index (χ3v) is 5.82. The second kappa shape index (κ2) is 6.85. The van der Waals surface area contributed by atoms with E-state index in [-0.39, 0.29) is 5.82 Å². The van der Waals surface area contributed by atoms with Crippen molar-refractivity contribution in [2.24, 2.45) is 0 Å². The van der Waals surface area contributed by atoms with Gasteiger partial charge in [-0.1, -0.05) is 12.1 Å². The molecule has 29 heavy (non-hydrogen) atoms. The number of nitrogens with one attached hydrogen (secondary N) is 1. The normalized spacial score (nSPS) is 15.1. The first kappa shape index (κ1) is 17.6. The molecule has 5 rings (SSSR count). The second-order valence-corrected chi connectivity index (χ2v) is 7.65. The van der Waals surface area contributed by atoms with Crippen LogP contribution >= 0.6 is 0 Å². The van der Waals surface area contributed by atoms with Crippen LogP contribution in [0.4, 0.5) is 10.1 Å². The minimum absolute atomic E-state index is 0.301. The lowest BCUT2D eigenvalue weighted by Gasteiger charge is -2.34. The molecule has 0 aliphatic carbocycles.